The Hall–Kier alpha value is -3.95. The molecule has 2 amide bonds. The van der Waals surface area contributed by atoms with E-state index in [2.05, 4.69) is 10.6 Å². The molecule has 1 atom stereocenters. The molecule has 0 aliphatic heterocycles. The molecule has 4 aromatic rings. The van der Waals surface area contributed by atoms with E-state index in [1.165, 1.54) is 48.4 Å². The second-order valence-corrected chi connectivity index (χ2v) is 11.5. The van der Waals surface area contributed by atoms with Crippen LogP contribution in [0, 0.1) is 5.82 Å². The van der Waals surface area contributed by atoms with Gasteiger partial charge in [-0.05, 0) is 67.1 Å². The van der Waals surface area contributed by atoms with Crippen molar-refractivity contribution in [1.82, 2.24) is 0 Å². The van der Waals surface area contributed by atoms with Crippen LogP contribution in [0.1, 0.15) is 54.8 Å². The third kappa shape index (κ3) is 6.11. The average Bonchev–Trinajstić information content (AvgIpc) is 3.34. The van der Waals surface area contributed by atoms with Gasteiger partial charge in [-0.15, -0.1) is 23.1 Å². The van der Waals surface area contributed by atoms with E-state index in [1.54, 1.807) is 24.3 Å². The fourth-order valence-electron chi connectivity index (χ4n) is 4.68. The first kappa shape index (κ1) is 27.6. The van der Waals surface area contributed by atoms with Crippen molar-refractivity contribution in [2.45, 2.75) is 35.8 Å². The molecule has 0 saturated heterocycles. The first-order chi connectivity index (χ1) is 19.4. The molecular formula is C31H27FN2O4S2. The summed E-state index contributed by atoms with van der Waals surface area (Å²) < 4.78 is 19.1. The molecule has 0 bridgehead atoms. The Kier molecular flexibility index (Phi) is 8.62. The van der Waals surface area contributed by atoms with Crippen LogP contribution in [0.25, 0.3) is 0 Å². The van der Waals surface area contributed by atoms with Crippen molar-refractivity contribution in [2.24, 2.45) is 0 Å². The number of amides is 2. The zero-order valence-corrected chi connectivity index (χ0v) is 23.4. The van der Waals surface area contributed by atoms with Crippen molar-refractivity contribution in [1.29, 1.82) is 0 Å². The van der Waals surface area contributed by atoms with Crippen LogP contribution in [0.3, 0.4) is 0 Å². The van der Waals surface area contributed by atoms with Crippen LogP contribution < -0.4 is 10.6 Å². The number of fused-ring (bicyclic) bond motifs is 1. The van der Waals surface area contributed by atoms with Crippen LogP contribution in [0.4, 0.5) is 15.1 Å². The summed E-state index contributed by atoms with van der Waals surface area (Å²) in [6.07, 6.45) is 3.71. The molecule has 3 aromatic carbocycles. The van der Waals surface area contributed by atoms with Gasteiger partial charge in [-0.2, -0.15) is 0 Å². The van der Waals surface area contributed by atoms with Crippen molar-refractivity contribution in [3.63, 3.8) is 0 Å². The maximum absolute atomic E-state index is 14.1. The summed E-state index contributed by atoms with van der Waals surface area (Å²) >= 11 is 2.76. The number of carbonyl (C=O) groups excluding carboxylic acids is 3. The molecule has 204 valence electrons. The monoisotopic (exact) mass is 574 g/mol. The number of ether oxygens (including phenoxy) is 1. The normalized spacial score (nSPS) is 13.2. The quantitative estimate of drug-likeness (QED) is 0.171. The number of nitrogens with one attached hydrogen (secondary N) is 2. The van der Waals surface area contributed by atoms with Gasteiger partial charge in [-0.3, -0.25) is 9.59 Å². The highest BCUT2D eigenvalue weighted by molar-refractivity contribution is 8.00. The zero-order valence-electron chi connectivity index (χ0n) is 21.7. The Morgan fingerprint density at radius 2 is 1.68 bits per heavy atom. The number of thiophene rings is 1. The lowest BCUT2D eigenvalue weighted by Crippen LogP contribution is -2.20. The molecule has 2 N–H and O–H groups in total. The van der Waals surface area contributed by atoms with E-state index in [1.807, 2.05) is 36.4 Å². The fourth-order valence-corrected chi connectivity index (χ4v) is 7.04. The molecule has 9 heteroatoms. The lowest BCUT2D eigenvalue weighted by molar-refractivity contribution is -0.115. The molecule has 0 fully saturated rings. The van der Waals surface area contributed by atoms with E-state index in [9.17, 15) is 18.8 Å². The Balaban J connectivity index is 1.40. The molecular weight excluding hydrogens is 547 g/mol. The molecule has 1 heterocycles. The number of carbonyl (C=O) groups is 3. The average molecular weight is 575 g/mol. The smallest absolute Gasteiger partial charge is 0.341 e. The number of hydrogen-bond acceptors (Lipinski definition) is 6. The zero-order chi connectivity index (χ0) is 28.1. The predicted octanol–water partition coefficient (Wildman–Crippen LogP) is 7.28. The van der Waals surface area contributed by atoms with Crippen molar-refractivity contribution in [2.75, 3.05) is 17.7 Å². The summed E-state index contributed by atoms with van der Waals surface area (Å²) in [5.41, 5.74) is 2.63. The summed E-state index contributed by atoms with van der Waals surface area (Å²) in [6, 6.07) is 22.2. The molecule has 1 aromatic heterocycles. The summed E-state index contributed by atoms with van der Waals surface area (Å²) in [7, 11) is 1.35. The SMILES string of the molecule is COC(=O)c1c(NC(=O)C(Sc2cccc(NC(=O)c3ccccc3F)c2)c2ccccc2)sc2c1CCCC2. The van der Waals surface area contributed by atoms with Gasteiger partial charge in [0.2, 0.25) is 5.91 Å². The predicted molar refractivity (Wildman–Crippen MR) is 157 cm³/mol. The maximum atomic E-state index is 14.1. The number of aryl methyl sites for hydroxylation is 1. The van der Waals surface area contributed by atoms with Gasteiger partial charge in [-0.1, -0.05) is 48.5 Å². The van der Waals surface area contributed by atoms with Crippen molar-refractivity contribution in [3.8, 4) is 0 Å². The molecule has 6 nitrogen and oxygen atoms in total. The first-order valence-electron chi connectivity index (χ1n) is 12.9. The number of esters is 1. The van der Waals surface area contributed by atoms with Crippen LogP contribution in [0.15, 0.2) is 83.8 Å². The van der Waals surface area contributed by atoms with Crippen molar-refractivity contribution in [3.05, 3.63) is 112 Å². The molecule has 0 spiro atoms. The van der Waals surface area contributed by atoms with Crippen molar-refractivity contribution < 1.29 is 23.5 Å². The van der Waals surface area contributed by atoms with Gasteiger partial charge in [-0.25, -0.2) is 9.18 Å². The molecule has 1 aliphatic rings. The third-order valence-corrected chi connectivity index (χ3v) is 9.06. The highest BCUT2D eigenvalue weighted by atomic mass is 32.2. The Bertz CT molecular complexity index is 1550. The molecule has 40 heavy (non-hydrogen) atoms. The van der Waals surface area contributed by atoms with Gasteiger partial charge < -0.3 is 15.4 Å². The van der Waals surface area contributed by atoms with Gasteiger partial charge in [0.15, 0.2) is 0 Å². The molecule has 0 radical (unpaired) electrons. The number of methoxy groups -OCH3 is 1. The summed E-state index contributed by atoms with van der Waals surface area (Å²) in [4.78, 5) is 41.0. The minimum atomic E-state index is -0.650. The Morgan fingerprint density at radius 3 is 2.45 bits per heavy atom. The number of benzene rings is 3. The number of rotatable bonds is 8. The molecule has 5 rings (SSSR count). The van der Waals surface area contributed by atoms with E-state index in [0.717, 1.165) is 46.6 Å². The lowest BCUT2D eigenvalue weighted by Gasteiger charge is -2.18. The highest BCUT2D eigenvalue weighted by Gasteiger charge is 2.29. The third-order valence-electron chi connectivity index (χ3n) is 6.60. The molecule has 0 saturated carbocycles. The lowest BCUT2D eigenvalue weighted by atomic mass is 9.95. The van der Waals surface area contributed by atoms with Gasteiger partial charge in [0, 0.05) is 15.5 Å². The van der Waals surface area contributed by atoms with Crippen LogP contribution >= 0.6 is 23.1 Å². The number of thioether (sulfide) groups is 1. The summed E-state index contributed by atoms with van der Waals surface area (Å²) in [5.74, 6) is -1.89. The second kappa shape index (κ2) is 12.5. The highest BCUT2D eigenvalue weighted by Crippen LogP contribution is 2.41. The number of halogens is 1. The standard InChI is InChI=1S/C31H27FN2O4S2/c1-38-31(37)26-23-15-6-8-17-25(23)40-30(26)34-29(36)27(19-10-3-2-4-11-19)39-21-13-9-12-20(18-21)33-28(35)22-14-5-7-16-24(22)32/h2-5,7,9-14,16,18,27H,6,8,15,17H2,1H3,(H,33,35)(H,34,36). The van der Waals surface area contributed by atoms with Crippen LogP contribution in [0.2, 0.25) is 0 Å². The largest absolute Gasteiger partial charge is 0.465 e. The minimum absolute atomic E-state index is 0.0536. The number of anilines is 2. The molecule has 1 aliphatic carbocycles. The van der Waals surface area contributed by atoms with Crippen LogP contribution in [-0.2, 0) is 22.4 Å². The Labute approximate surface area is 240 Å². The van der Waals surface area contributed by atoms with Gasteiger partial charge in [0.25, 0.3) is 5.91 Å². The van der Waals surface area contributed by atoms with Gasteiger partial charge in [0.1, 0.15) is 16.1 Å². The van der Waals surface area contributed by atoms with Crippen LogP contribution in [0.5, 0.6) is 0 Å². The van der Waals surface area contributed by atoms with Gasteiger partial charge >= 0.3 is 5.97 Å². The van der Waals surface area contributed by atoms with E-state index < -0.39 is 22.9 Å². The molecule has 1 unspecified atom stereocenters. The van der Waals surface area contributed by atoms with E-state index >= 15 is 0 Å². The second-order valence-electron chi connectivity index (χ2n) is 9.27. The Morgan fingerprint density at radius 1 is 0.925 bits per heavy atom. The maximum Gasteiger partial charge on any atom is 0.341 e. The van der Waals surface area contributed by atoms with E-state index in [4.69, 9.17) is 4.74 Å². The van der Waals surface area contributed by atoms with E-state index in [-0.39, 0.29) is 11.5 Å². The van der Waals surface area contributed by atoms with E-state index in [0.29, 0.717) is 16.3 Å². The topological polar surface area (TPSA) is 84.5 Å². The van der Waals surface area contributed by atoms with Gasteiger partial charge in [0.05, 0.1) is 18.2 Å². The minimum Gasteiger partial charge on any atom is -0.465 e. The van der Waals surface area contributed by atoms with Crippen molar-refractivity contribution >= 4 is 51.6 Å². The fraction of sp³-hybridized carbons (Fsp3) is 0.194. The van der Waals surface area contributed by atoms with Crippen LogP contribution in [-0.4, -0.2) is 24.9 Å². The summed E-state index contributed by atoms with van der Waals surface area (Å²) in [5, 5.41) is 5.62. The number of hydrogen-bond donors (Lipinski definition) is 2. The summed E-state index contributed by atoms with van der Waals surface area (Å²) in [6.45, 7) is 0. The first-order valence-corrected chi connectivity index (χ1v) is 14.6.